The first-order valence-electron chi connectivity index (χ1n) is 7.18. The van der Waals surface area contributed by atoms with Gasteiger partial charge in [-0.3, -0.25) is 0 Å². The van der Waals surface area contributed by atoms with Crippen molar-refractivity contribution in [1.82, 2.24) is 4.98 Å². The third-order valence-corrected chi connectivity index (χ3v) is 3.52. The summed E-state index contributed by atoms with van der Waals surface area (Å²) in [6.45, 7) is 2.35. The van der Waals surface area contributed by atoms with Crippen LogP contribution < -0.4 is 4.74 Å². The van der Waals surface area contributed by atoms with Gasteiger partial charge in [-0.2, -0.15) is 0 Å². The van der Waals surface area contributed by atoms with Crippen molar-refractivity contribution in [1.29, 1.82) is 0 Å². The van der Waals surface area contributed by atoms with E-state index < -0.39 is 0 Å². The molecule has 0 saturated carbocycles. The van der Waals surface area contributed by atoms with Gasteiger partial charge in [-0.15, -0.1) is 0 Å². The van der Waals surface area contributed by atoms with Crippen LogP contribution in [-0.2, 0) is 13.0 Å². The van der Waals surface area contributed by atoms with Gasteiger partial charge in [0.25, 0.3) is 0 Å². The lowest BCUT2D eigenvalue weighted by molar-refractivity contribution is 0.196. The van der Waals surface area contributed by atoms with Crippen LogP contribution in [0.2, 0.25) is 0 Å². The Kier molecular flexibility index (Phi) is 3.93. The molecular formula is C18H19NO2. The monoisotopic (exact) mass is 281 g/mol. The molecule has 2 aromatic carbocycles. The summed E-state index contributed by atoms with van der Waals surface area (Å²) in [5.74, 6) is 0.841. The third kappa shape index (κ3) is 3.09. The highest BCUT2D eigenvalue weighted by atomic mass is 16.5. The van der Waals surface area contributed by atoms with E-state index >= 15 is 0 Å². The minimum atomic E-state index is -0.349. The van der Waals surface area contributed by atoms with Crippen molar-refractivity contribution in [2.45, 2.75) is 26.1 Å². The second kappa shape index (κ2) is 6.02. The minimum Gasteiger partial charge on any atom is -0.487 e. The van der Waals surface area contributed by atoms with Crippen molar-refractivity contribution < 1.29 is 9.84 Å². The number of aromatic nitrogens is 1. The fraction of sp³-hybridized carbons (Fsp3) is 0.222. The first kappa shape index (κ1) is 13.7. The molecule has 1 atom stereocenters. The molecule has 0 radical (unpaired) electrons. The van der Waals surface area contributed by atoms with E-state index in [4.69, 9.17) is 4.74 Å². The van der Waals surface area contributed by atoms with E-state index in [-0.39, 0.29) is 6.10 Å². The molecule has 3 rings (SSSR count). The summed E-state index contributed by atoms with van der Waals surface area (Å²) < 4.78 is 5.93. The largest absolute Gasteiger partial charge is 0.487 e. The number of hydrogen-bond donors (Lipinski definition) is 2. The summed E-state index contributed by atoms with van der Waals surface area (Å²) in [6.07, 6.45) is 2.24. The number of H-pyrrole nitrogens is 1. The zero-order valence-corrected chi connectivity index (χ0v) is 12.0. The number of hydrogen-bond acceptors (Lipinski definition) is 2. The van der Waals surface area contributed by atoms with Gasteiger partial charge in [0.05, 0.1) is 11.6 Å². The molecule has 1 aromatic heterocycles. The van der Waals surface area contributed by atoms with Crippen molar-refractivity contribution >= 4 is 10.9 Å². The number of benzene rings is 2. The van der Waals surface area contributed by atoms with Crippen molar-refractivity contribution in [3.05, 3.63) is 65.9 Å². The zero-order valence-electron chi connectivity index (χ0n) is 12.0. The lowest BCUT2D eigenvalue weighted by Gasteiger charge is -2.08. The van der Waals surface area contributed by atoms with Gasteiger partial charge in [0.2, 0.25) is 0 Å². The molecule has 0 fully saturated rings. The Bertz CT molecular complexity index is 716. The fourth-order valence-electron chi connectivity index (χ4n) is 2.53. The topological polar surface area (TPSA) is 45.2 Å². The third-order valence-electron chi connectivity index (χ3n) is 3.52. The van der Waals surface area contributed by atoms with Gasteiger partial charge in [0, 0.05) is 18.0 Å². The Hall–Kier alpha value is -2.26. The number of fused-ring (bicyclic) bond motifs is 1. The van der Waals surface area contributed by atoms with E-state index in [2.05, 4.69) is 11.1 Å². The molecule has 21 heavy (non-hydrogen) atoms. The number of aliphatic hydroxyl groups is 1. The van der Waals surface area contributed by atoms with Gasteiger partial charge in [0.1, 0.15) is 12.4 Å². The summed E-state index contributed by atoms with van der Waals surface area (Å²) in [5.41, 5.74) is 3.25. The van der Waals surface area contributed by atoms with Crippen LogP contribution in [-0.4, -0.2) is 16.2 Å². The summed E-state index contributed by atoms with van der Waals surface area (Å²) in [4.78, 5) is 3.26. The molecule has 0 aliphatic carbocycles. The summed E-state index contributed by atoms with van der Waals surface area (Å²) in [6, 6.07) is 16.1. The molecule has 3 aromatic rings. The molecule has 0 bridgehead atoms. The average Bonchev–Trinajstić information content (AvgIpc) is 2.89. The van der Waals surface area contributed by atoms with Gasteiger partial charge in [-0.25, -0.2) is 0 Å². The van der Waals surface area contributed by atoms with Crippen LogP contribution in [0.3, 0.4) is 0 Å². The Morgan fingerprint density at radius 2 is 1.90 bits per heavy atom. The summed E-state index contributed by atoms with van der Waals surface area (Å²) in [7, 11) is 0. The van der Waals surface area contributed by atoms with Crippen molar-refractivity contribution in [2.24, 2.45) is 0 Å². The number of aliphatic hydroxyl groups excluding tert-OH is 1. The SMILES string of the molecule is CC(O)Cc1c[nH]c2c(OCc3ccccc3)cccc12. The quantitative estimate of drug-likeness (QED) is 0.749. The first-order chi connectivity index (χ1) is 10.2. The van der Waals surface area contributed by atoms with Crippen molar-refractivity contribution in [2.75, 3.05) is 0 Å². The normalized spacial score (nSPS) is 12.5. The summed E-state index contributed by atoms with van der Waals surface area (Å²) >= 11 is 0. The predicted molar refractivity (Wildman–Crippen MR) is 84.5 cm³/mol. The van der Waals surface area contributed by atoms with Crippen LogP contribution in [0, 0.1) is 0 Å². The maximum absolute atomic E-state index is 9.56. The molecule has 3 nitrogen and oxygen atoms in total. The maximum atomic E-state index is 9.56. The highest BCUT2D eigenvalue weighted by Crippen LogP contribution is 2.28. The lowest BCUT2D eigenvalue weighted by Crippen LogP contribution is -2.03. The number of nitrogens with one attached hydrogen (secondary N) is 1. The lowest BCUT2D eigenvalue weighted by atomic mass is 10.1. The molecule has 108 valence electrons. The van der Waals surface area contributed by atoms with Crippen LogP contribution in [0.5, 0.6) is 5.75 Å². The first-order valence-corrected chi connectivity index (χ1v) is 7.18. The molecule has 0 aliphatic rings. The zero-order chi connectivity index (χ0) is 14.7. The highest BCUT2D eigenvalue weighted by molar-refractivity contribution is 5.88. The van der Waals surface area contributed by atoms with E-state index in [1.807, 2.05) is 48.7 Å². The molecule has 0 aliphatic heterocycles. The number of ether oxygens (including phenoxy) is 1. The smallest absolute Gasteiger partial charge is 0.143 e. The number of para-hydroxylation sites is 1. The maximum Gasteiger partial charge on any atom is 0.143 e. The molecule has 0 saturated heterocycles. The van der Waals surface area contributed by atoms with Crippen LogP contribution in [0.15, 0.2) is 54.7 Å². The second-order valence-corrected chi connectivity index (χ2v) is 5.32. The average molecular weight is 281 g/mol. The molecule has 0 amide bonds. The standard InChI is InChI=1S/C18H19NO2/c1-13(20)10-15-11-19-18-16(15)8-5-9-17(18)21-12-14-6-3-2-4-7-14/h2-9,11,13,19-20H,10,12H2,1H3. The minimum absolute atomic E-state index is 0.349. The van der Waals surface area contributed by atoms with Gasteiger partial charge < -0.3 is 14.8 Å². The number of rotatable bonds is 5. The predicted octanol–water partition coefficient (Wildman–Crippen LogP) is 3.67. The van der Waals surface area contributed by atoms with E-state index in [1.54, 1.807) is 6.92 Å². The molecule has 2 N–H and O–H groups in total. The van der Waals surface area contributed by atoms with Gasteiger partial charge in [-0.1, -0.05) is 42.5 Å². The van der Waals surface area contributed by atoms with E-state index in [0.29, 0.717) is 13.0 Å². The highest BCUT2D eigenvalue weighted by Gasteiger charge is 2.10. The molecule has 1 heterocycles. The fourth-order valence-corrected chi connectivity index (χ4v) is 2.53. The Labute approximate surface area is 124 Å². The summed E-state index contributed by atoms with van der Waals surface area (Å²) in [5, 5.41) is 10.7. The molecule has 0 spiro atoms. The van der Waals surface area contributed by atoms with E-state index in [0.717, 1.165) is 27.8 Å². The van der Waals surface area contributed by atoms with Gasteiger partial charge in [0.15, 0.2) is 0 Å². The van der Waals surface area contributed by atoms with Crippen molar-refractivity contribution in [3.63, 3.8) is 0 Å². The molecule has 1 unspecified atom stereocenters. The van der Waals surface area contributed by atoms with Crippen LogP contribution in [0.25, 0.3) is 10.9 Å². The van der Waals surface area contributed by atoms with Crippen LogP contribution in [0.4, 0.5) is 0 Å². The van der Waals surface area contributed by atoms with Gasteiger partial charge in [-0.05, 0) is 24.1 Å². The van der Waals surface area contributed by atoms with Crippen LogP contribution >= 0.6 is 0 Å². The molecular weight excluding hydrogens is 262 g/mol. The Morgan fingerprint density at radius 1 is 1.10 bits per heavy atom. The number of aromatic amines is 1. The van der Waals surface area contributed by atoms with Gasteiger partial charge >= 0.3 is 0 Å². The van der Waals surface area contributed by atoms with E-state index in [9.17, 15) is 5.11 Å². The Balaban J connectivity index is 1.84. The Morgan fingerprint density at radius 3 is 2.67 bits per heavy atom. The van der Waals surface area contributed by atoms with Crippen LogP contribution in [0.1, 0.15) is 18.1 Å². The molecule has 3 heteroatoms. The van der Waals surface area contributed by atoms with E-state index in [1.165, 1.54) is 0 Å². The second-order valence-electron chi connectivity index (χ2n) is 5.32. The van der Waals surface area contributed by atoms with Crippen molar-refractivity contribution in [3.8, 4) is 5.75 Å².